The van der Waals surface area contributed by atoms with E-state index in [9.17, 15) is 14.0 Å². The third-order valence-electron chi connectivity index (χ3n) is 3.88. The van der Waals surface area contributed by atoms with E-state index in [1.807, 2.05) is 13.0 Å². The monoisotopic (exact) mass is 375 g/mol. The predicted molar refractivity (Wildman–Crippen MR) is 106 cm³/mol. The molecule has 0 fully saturated rings. The average molecular weight is 375 g/mol. The Balaban J connectivity index is 1.91. The summed E-state index contributed by atoms with van der Waals surface area (Å²) >= 11 is 0. The van der Waals surface area contributed by atoms with E-state index in [0.29, 0.717) is 11.4 Å². The van der Waals surface area contributed by atoms with Crippen molar-refractivity contribution < 1.29 is 14.0 Å². The lowest BCUT2D eigenvalue weighted by atomic mass is 10.1. The van der Waals surface area contributed by atoms with Gasteiger partial charge in [0.05, 0.1) is 0 Å². The van der Waals surface area contributed by atoms with Crippen LogP contribution in [0.25, 0.3) is 6.08 Å². The molecule has 1 heterocycles. The highest BCUT2D eigenvalue weighted by atomic mass is 19.1. The number of nitrogens with one attached hydrogen (secondary N) is 2. The maximum absolute atomic E-state index is 14.1. The molecule has 2 N–H and O–H groups in total. The van der Waals surface area contributed by atoms with Gasteiger partial charge in [-0.15, -0.1) is 0 Å². The third kappa shape index (κ3) is 4.88. The van der Waals surface area contributed by atoms with Crippen molar-refractivity contribution in [2.75, 3.05) is 5.32 Å². The minimum atomic E-state index is -0.608. The number of aryl methyl sites for hydroxylation is 1. The number of pyridine rings is 1. The molecule has 0 bridgehead atoms. The van der Waals surface area contributed by atoms with Crippen LogP contribution in [0.5, 0.6) is 0 Å². The van der Waals surface area contributed by atoms with Crippen LogP contribution in [-0.2, 0) is 4.79 Å². The van der Waals surface area contributed by atoms with Crippen molar-refractivity contribution in [1.82, 2.24) is 10.3 Å². The molecule has 28 heavy (non-hydrogen) atoms. The Labute approximate surface area is 161 Å². The summed E-state index contributed by atoms with van der Waals surface area (Å²) in [6, 6.07) is 18.0. The highest BCUT2D eigenvalue weighted by Gasteiger charge is 2.16. The number of amides is 2. The highest BCUT2D eigenvalue weighted by molar-refractivity contribution is 6.10. The first-order valence-electron chi connectivity index (χ1n) is 8.59. The number of benzene rings is 2. The van der Waals surface area contributed by atoms with Crippen LogP contribution in [0.2, 0.25) is 0 Å². The molecule has 3 aromatic rings. The molecule has 0 atom stereocenters. The quantitative estimate of drug-likeness (QED) is 0.664. The van der Waals surface area contributed by atoms with E-state index in [1.54, 1.807) is 48.5 Å². The second-order valence-corrected chi connectivity index (χ2v) is 6.07. The summed E-state index contributed by atoms with van der Waals surface area (Å²) in [6.45, 7) is 1.86. The summed E-state index contributed by atoms with van der Waals surface area (Å²) in [5, 5.41) is 5.17. The van der Waals surface area contributed by atoms with E-state index in [4.69, 9.17) is 0 Å². The second-order valence-electron chi connectivity index (χ2n) is 6.07. The Bertz CT molecular complexity index is 1030. The van der Waals surface area contributed by atoms with Gasteiger partial charge in [-0.3, -0.25) is 9.59 Å². The third-order valence-corrected chi connectivity index (χ3v) is 3.88. The van der Waals surface area contributed by atoms with Crippen LogP contribution in [0.15, 0.2) is 78.6 Å². The summed E-state index contributed by atoms with van der Waals surface area (Å²) in [6.07, 6.45) is 2.82. The Kier molecular flexibility index (Phi) is 5.91. The fourth-order valence-corrected chi connectivity index (χ4v) is 2.51. The number of halogens is 1. The Morgan fingerprint density at radius 1 is 1.00 bits per heavy atom. The molecule has 0 saturated heterocycles. The SMILES string of the molecule is Cc1cccc(C(=O)NC(=Cc2ccccc2F)C(=O)Nc2ccccn2)c1. The van der Waals surface area contributed by atoms with Gasteiger partial charge in [-0.05, 0) is 43.3 Å². The van der Waals surface area contributed by atoms with Crippen molar-refractivity contribution in [3.63, 3.8) is 0 Å². The lowest BCUT2D eigenvalue weighted by Crippen LogP contribution is -2.31. The van der Waals surface area contributed by atoms with Gasteiger partial charge in [0.15, 0.2) is 0 Å². The molecule has 0 aliphatic heterocycles. The van der Waals surface area contributed by atoms with Gasteiger partial charge in [-0.1, -0.05) is 42.0 Å². The standard InChI is InChI=1S/C22H18FN3O2/c1-15-7-6-9-17(13-15)21(27)25-19(14-16-8-2-3-10-18(16)23)22(28)26-20-11-4-5-12-24-20/h2-14H,1H3,(H,25,27)(H,24,26,28). The van der Waals surface area contributed by atoms with Gasteiger partial charge >= 0.3 is 0 Å². The van der Waals surface area contributed by atoms with Crippen LogP contribution >= 0.6 is 0 Å². The molecular weight excluding hydrogens is 357 g/mol. The smallest absolute Gasteiger partial charge is 0.273 e. The average Bonchev–Trinajstić information content (AvgIpc) is 2.69. The molecule has 5 nitrogen and oxygen atoms in total. The van der Waals surface area contributed by atoms with Crippen molar-refractivity contribution in [2.24, 2.45) is 0 Å². The largest absolute Gasteiger partial charge is 0.317 e. The fraction of sp³-hybridized carbons (Fsp3) is 0.0455. The molecule has 1 aromatic heterocycles. The summed E-state index contributed by atoms with van der Waals surface area (Å²) in [5.41, 5.74) is 1.38. The topological polar surface area (TPSA) is 71.1 Å². The van der Waals surface area contributed by atoms with Crippen LogP contribution in [0.1, 0.15) is 21.5 Å². The number of anilines is 1. The molecule has 2 aromatic carbocycles. The van der Waals surface area contributed by atoms with Crippen molar-refractivity contribution >= 4 is 23.7 Å². The normalized spacial score (nSPS) is 11.0. The molecule has 0 aliphatic carbocycles. The zero-order valence-electron chi connectivity index (χ0n) is 15.1. The molecule has 0 saturated carbocycles. The van der Waals surface area contributed by atoms with Crippen LogP contribution in [-0.4, -0.2) is 16.8 Å². The number of carbonyl (C=O) groups excluding carboxylic acids is 2. The lowest BCUT2D eigenvalue weighted by Gasteiger charge is -2.11. The van der Waals surface area contributed by atoms with Gasteiger partial charge < -0.3 is 10.6 Å². The predicted octanol–water partition coefficient (Wildman–Crippen LogP) is 3.94. The van der Waals surface area contributed by atoms with Crippen molar-refractivity contribution in [2.45, 2.75) is 6.92 Å². The van der Waals surface area contributed by atoms with Crippen molar-refractivity contribution in [3.05, 3.63) is 101 Å². The molecular formula is C22H18FN3O2. The number of rotatable bonds is 5. The Hall–Kier alpha value is -3.80. The summed E-state index contributed by atoms with van der Waals surface area (Å²) in [4.78, 5) is 29.3. The maximum Gasteiger partial charge on any atom is 0.273 e. The van der Waals surface area contributed by atoms with E-state index >= 15 is 0 Å². The van der Waals surface area contributed by atoms with Gasteiger partial charge in [0, 0.05) is 17.3 Å². The Morgan fingerprint density at radius 3 is 2.50 bits per heavy atom. The maximum atomic E-state index is 14.1. The van der Waals surface area contributed by atoms with Gasteiger partial charge in [0.2, 0.25) is 0 Å². The zero-order chi connectivity index (χ0) is 19.9. The molecule has 140 valence electrons. The molecule has 3 rings (SSSR count). The first-order valence-corrected chi connectivity index (χ1v) is 8.59. The van der Waals surface area contributed by atoms with Crippen LogP contribution in [0.3, 0.4) is 0 Å². The number of hydrogen-bond acceptors (Lipinski definition) is 3. The van der Waals surface area contributed by atoms with E-state index < -0.39 is 17.6 Å². The van der Waals surface area contributed by atoms with E-state index in [0.717, 1.165) is 5.56 Å². The van der Waals surface area contributed by atoms with Gasteiger partial charge in [0.1, 0.15) is 17.3 Å². The molecule has 0 radical (unpaired) electrons. The number of aromatic nitrogens is 1. The lowest BCUT2D eigenvalue weighted by molar-refractivity contribution is -0.113. The Morgan fingerprint density at radius 2 is 1.79 bits per heavy atom. The minimum absolute atomic E-state index is 0.0951. The number of carbonyl (C=O) groups is 2. The summed E-state index contributed by atoms with van der Waals surface area (Å²) in [7, 11) is 0. The summed E-state index contributed by atoms with van der Waals surface area (Å²) < 4.78 is 14.1. The van der Waals surface area contributed by atoms with Crippen molar-refractivity contribution in [1.29, 1.82) is 0 Å². The van der Waals surface area contributed by atoms with Gasteiger partial charge in [-0.2, -0.15) is 0 Å². The van der Waals surface area contributed by atoms with Crippen LogP contribution in [0, 0.1) is 12.7 Å². The van der Waals surface area contributed by atoms with Gasteiger partial charge in [0.25, 0.3) is 11.8 Å². The van der Waals surface area contributed by atoms with E-state index in [2.05, 4.69) is 15.6 Å². The fourth-order valence-electron chi connectivity index (χ4n) is 2.51. The molecule has 0 spiro atoms. The van der Waals surface area contributed by atoms with Crippen LogP contribution < -0.4 is 10.6 Å². The second kappa shape index (κ2) is 8.73. The molecule has 6 heteroatoms. The van der Waals surface area contributed by atoms with Crippen LogP contribution in [0.4, 0.5) is 10.2 Å². The van der Waals surface area contributed by atoms with E-state index in [1.165, 1.54) is 24.4 Å². The first-order chi connectivity index (χ1) is 13.5. The van der Waals surface area contributed by atoms with E-state index in [-0.39, 0.29) is 11.3 Å². The van der Waals surface area contributed by atoms with Gasteiger partial charge in [-0.25, -0.2) is 9.37 Å². The minimum Gasteiger partial charge on any atom is -0.317 e. The molecule has 2 amide bonds. The molecule has 0 aliphatic rings. The summed E-state index contributed by atoms with van der Waals surface area (Å²) in [5.74, 6) is -1.27. The highest BCUT2D eigenvalue weighted by Crippen LogP contribution is 2.13. The van der Waals surface area contributed by atoms with Crippen molar-refractivity contribution in [3.8, 4) is 0 Å². The number of nitrogens with zero attached hydrogens (tertiary/aromatic N) is 1. The number of hydrogen-bond donors (Lipinski definition) is 2. The molecule has 0 unspecified atom stereocenters. The zero-order valence-corrected chi connectivity index (χ0v) is 15.1. The first kappa shape index (κ1) is 19.0.